The molecule has 0 saturated carbocycles. The Labute approximate surface area is 177 Å². The smallest absolute Gasteiger partial charge is 0.408 e. The predicted molar refractivity (Wildman–Crippen MR) is 103 cm³/mol. The van der Waals surface area contributed by atoms with Gasteiger partial charge >= 0.3 is 16.4 Å². The molecule has 4 N–H and O–H groups in total. The summed E-state index contributed by atoms with van der Waals surface area (Å²) in [5.74, 6) is -2.85. The molecule has 2 unspecified atom stereocenters. The molecule has 0 aliphatic carbocycles. The molecule has 170 valence electrons. The Hall–Kier alpha value is -3.23. The van der Waals surface area contributed by atoms with E-state index in [1.807, 2.05) is 0 Å². The fraction of sp³-hybridized carbons (Fsp3) is 0.412. The zero-order chi connectivity index (χ0) is 23.2. The van der Waals surface area contributed by atoms with Crippen molar-refractivity contribution in [2.45, 2.75) is 24.8 Å². The number of hydrogen-bond donors (Lipinski definition) is 4. The van der Waals surface area contributed by atoms with Crippen LogP contribution in [0.25, 0.3) is 0 Å². The average molecular weight is 458 g/mol. The molecule has 1 aromatic rings. The molecule has 1 heterocycles. The molecule has 4 amide bonds. The monoisotopic (exact) mass is 458 g/mol. The maximum atomic E-state index is 12.6. The summed E-state index contributed by atoms with van der Waals surface area (Å²) in [5.41, 5.74) is -1.39. The molecule has 1 aromatic carbocycles. The molecule has 1 aliphatic rings. The second-order valence-electron chi connectivity index (χ2n) is 6.45. The van der Waals surface area contributed by atoms with Crippen molar-refractivity contribution in [2.75, 3.05) is 20.7 Å². The van der Waals surface area contributed by atoms with Crippen LogP contribution >= 0.6 is 0 Å². The van der Waals surface area contributed by atoms with Gasteiger partial charge in [-0.05, 0) is 5.56 Å². The van der Waals surface area contributed by atoms with Crippen LogP contribution in [0.15, 0.2) is 30.3 Å². The summed E-state index contributed by atoms with van der Waals surface area (Å²) >= 11 is 0. The standard InChI is InChI=1S/C17H22N4O9S/c1-18-13(22)8-12(19-16(25)30-9-11-6-4-3-5-7-11)14(23)20-17(29-2)10-21(15(17)24)31(26,27)28/h3-7,12H,8-10H2,1-2H3,(H,18,22)(H,19,25)(H,20,23)(H,26,27,28). The minimum Gasteiger partial charge on any atom is -0.445 e. The fourth-order valence-electron chi connectivity index (χ4n) is 2.62. The highest BCUT2D eigenvalue weighted by atomic mass is 32.2. The van der Waals surface area contributed by atoms with Crippen LogP contribution in [0.2, 0.25) is 0 Å². The number of carbonyl (C=O) groups excluding carboxylic acids is 4. The molecule has 1 fully saturated rings. The largest absolute Gasteiger partial charge is 0.445 e. The molecule has 0 spiro atoms. The topological polar surface area (TPSA) is 180 Å². The second kappa shape index (κ2) is 9.72. The minimum atomic E-state index is -4.83. The molecule has 13 nitrogen and oxygen atoms in total. The Morgan fingerprint density at radius 1 is 1.26 bits per heavy atom. The summed E-state index contributed by atoms with van der Waals surface area (Å²) in [7, 11) is -2.47. The van der Waals surface area contributed by atoms with E-state index in [1.165, 1.54) is 7.05 Å². The molecule has 1 aliphatic heterocycles. The van der Waals surface area contributed by atoms with Gasteiger partial charge in [0.15, 0.2) is 0 Å². The number of carbonyl (C=O) groups is 4. The van der Waals surface area contributed by atoms with Gasteiger partial charge in [-0.1, -0.05) is 30.3 Å². The first-order chi connectivity index (χ1) is 14.5. The molecule has 2 atom stereocenters. The molecular weight excluding hydrogens is 436 g/mol. The van der Waals surface area contributed by atoms with E-state index >= 15 is 0 Å². The highest BCUT2D eigenvalue weighted by molar-refractivity contribution is 7.84. The number of benzene rings is 1. The third kappa shape index (κ3) is 5.90. The zero-order valence-electron chi connectivity index (χ0n) is 16.7. The van der Waals surface area contributed by atoms with Crippen LogP contribution in [0.5, 0.6) is 0 Å². The number of β-lactam (4-membered cyclic amide) rings is 1. The molecule has 0 bridgehead atoms. The summed E-state index contributed by atoms with van der Waals surface area (Å²) in [6.07, 6.45) is -1.50. The maximum Gasteiger partial charge on any atom is 0.408 e. The van der Waals surface area contributed by atoms with Crippen LogP contribution in [0, 0.1) is 0 Å². The van der Waals surface area contributed by atoms with Gasteiger partial charge in [-0.3, -0.25) is 18.9 Å². The number of amides is 4. The van der Waals surface area contributed by atoms with Crippen LogP contribution < -0.4 is 16.0 Å². The van der Waals surface area contributed by atoms with Crippen molar-refractivity contribution in [2.24, 2.45) is 0 Å². The third-order valence-electron chi connectivity index (χ3n) is 4.38. The molecule has 0 aromatic heterocycles. The van der Waals surface area contributed by atoms with Crippen molar-refractivity contribution in [1.82, 2.24) is 20.3 Å². The summed E-state index contributed by atoms with van der Waals surface area (Å²) in [6, 6.07) is 7.23. The second-order valence-corrected chi connectivity index (χ2v) is 7.78. The van der Waals surface area contributed by atoms with Gasteiger partial charge in [-0.2, -0.15) is 8.42 Å². The first-order valence-electron chi connectivity index (χ1n) is 8.87. The lowest BCUT2D eigenvalue weighted by molar-refractivity contribution is -0.180. The number of rotatable bonds is 9. The van der Waals surface area contributed by atoms with Gasteiger partial charge in [0, 0.05) is 14.2 Å². The lowest BCUT2D eigenvalue weighted by Gasteiger charge is -2.45. The molecular formula is C17H22N4O9S. The Bertz CT molecular complexity index is 954. The van der Waals surface area contributed by atoms with Crippen molar-refractivity contribution in [1.29, 1.82) is 0 Å². The predicted octanol–water partition coefficient (Wildman–Crippen LogP) is -1.48. The van der Waals surface area contributed by atoms with Crippen molar-refractivity contribution >= 4 is 34.1 Å². The summed E-state index contributed by atoms with van der Waals surface area (Å²) in [6.45, 7) is -0.789. The van der Waals surface area contributed by atoms with Crippen molar-refractivity contribution in [3.05, 3.63) is 35.9 Å². The Balaban J connectivity index is 2.06. The Morgan fingerprint density at radius 3 is 2.42 bits per heavy atom. The maximum absolute atomic E-state index is 12.6. The van der Waals surface area contributed by atoms with Gasteiger partial charge in [0.25, 0.3) is 5.91 Å². The van der Waals surface area contributed by atoms with E-state index < -0.39 is 58.9 Å². The molecule has 31 heavy (non-hydrogen) atoms. The van der Waals surface area contributed by atoms with Gasteiger partial charge < -0.3 is 25.4 Å². The van der Waals surface area contributed by atoms with Crippen LogP contribution in [0.1, 0.15) is 12.0 Å². The van der Waals surface area contributed by atoms with E-state index in [4.69, 9.17) is 14.0 Å². The van der Waals surface area contributed by atoms with E-state index in [1.54, 1.807) is 30.3 Å². The lowest BCUT2D eigenvalue weighted by Crippen LogP contribution is -2.77. The average Bonchev–Trinajstić information content (AvgIpc) is 2.73. The molecule has 1 saturated heterocycles. The highest BCUT2D eigenvalue weighted by Crippen LogP contribution is 2.26. The highest BCUT2D eigenvalue weighted by Gasteiger charge is 2.59. The van der Waals surface area contributed by atoms with E-state index in [-0.39, 0.29) is 10.9 Å². The van der Waals surface area contributed by atoms with Gasteiger partial charge in [-0.15, -0.1) is 0 Å². The van der Waals surface area contributed by atoms with Crippen LogP contribution in [0.3, 0.4) is 0 Å². The number of alkyl carbamates (subject to hydrolysis) is 1. The number of nitrogens with zero attached hydrogens (tertiary/aromatic N) is 1. The van der Waals surface area contributed by atoms with Crippen LogP contribution in [-0.4, -0.2) is 73.6 Å². The van der Waals surface area contributed by atoms with Gasteiger partial charge in [0.1, 0.15) is 12.6 Å². The van der Waals surface area contributed by atoms with Crippen molar-refractivity contribution in [3.8, 4) is 0 Å². The van der Waals surface area contributed by atoms with Crippen molar-refractivity contribution in [3.63, 3.8) is 0 Å². The summed E-state index contributed by atoms with van der Waals surface area (Å²) < 4.78 is 41.3. The first-order valence-corrected chi connectivity index (χ1v) is 10.3. The van der Waals surface area contributed by atoms with E-state index in [0.29, 0.717) is 5.56 Å². The molecule has 14 heteroatoms. The summed E-state index contributed by atoms with van der Waals surface area (Å²) in [5, 5.41) is 6.68. The van der Waals surface area contributed by atoms with Gasteiger partial charge in [0.2, 0.25) is 17.5 Å². The number of methoxy groups -OCH3 is 1. The van der Waals surface area contributed by atoms with Crippen LogP contribution in [0.4, 0.5) is 4.79 Å². The van der Waals surface area contributed by atoms with E-state index in [2.05, 4.69) is 16.0 Å². The fourth-order valence-corrected chi connectivity index (χ4v) is 3.33. The Morgan fingerprint density at radius 2 is 1.90 bits per heavy atom. The van der Waals surface area contributed by atoms with E-state index in [0.717, 1.165) is 7.11 Å². The van der Waals surface area contributed by atoms with Crippen molar-refractivity contribution < 1.29 is 41.6 Å². The van der Waals surface area contributed by atoms with Gasteiger partial charge in [-0.25, -0.2) is 9.10 Å². The Kier molecular flexibility index (Phi) is 7.54. The first kappa shape index (κ1) is 24.0. The number of ether oxygens (including phenoxy) is 2. The molecule has 0 radical (unpaired) electrons. The third-order valence-corrected chi connectivity index (χ3v) is 5.23. The minimum absolute atomic E-state index is 0.0894. The number of nitrogens with one attached hydrogen (secondary N) is 3. The van der Waals surface area contributed by atoms with E-state index in [9.17, 15) is 27.6 Å². The summed E-state index contributed by atoms with van der Waals surface area (Å²) in [4.78, 5) is 48.6. The lowest BCUT2D eigenvalue weighted by atomic mass is 10.0. The quantitative estimate of drug-likeness (QED) is 0.195. The van der Waals surface area contributed by atoms with Gasteiger partial charge in [0.05, 0.1) is 13.0 Å². The van der Waals surface area contributed by atoms with Crippen LogP contribution in [-0.2, 0) is 40.8 Å². The normalized spacial score (nSPS) is 19.1. The zero-order valence-corrected chi connectivity index (χ0v) is 17.5. The number of hydrogen-bond acceptors (Lipinski definition) is 8. The molecule has 2 rings (SSSR count). The SMILES string of the molecule is CNC(=O)CC(NC(=O)OCc1ccccc1)C(=O)NC1(OC)CN(S(=O)(=O)O)C1=O.